The second-order valence-electron chi connectivity index (χ2n) is 7.98. The zero-order valence-electron chi connectivity index (χ0n) is 16.1. The number of piperazine rings is 1. The highest BCUT2D eigenvalue weighted by Crippen LogP contribution is 2.44. The number of rotatable bonds is 2. The minimum Gasteiger partial charge on any atom is -0.369 e. The number of nitrogens with one attached hydrogen (secondary N) is 2. The minimum absolute atomic E-state index is 0.169. The maximum atomic E-state index is 13.3. The molecule has 2 aromatic rings. The zero-order chi connectivity index (χ0) is 19.0. The fourth-order valence-corrected chi connectivity index (χ4v) is 6.11. The average Bonchev–Trinajstić information content (AvgIpc) is 3.21. The third-order valence-corrected chi connectivity index (χ3v) is 7.61. The van der Waals surface area contributed by atoms with Crippen molar-refractivity contribution in [2.75, 3.05) is 39.3 Å². The van der Waals surface area contributed by atoms with Crippen LogP contribution in [0.5, 0.6) is 0 Å². The first kappa shape index (κ1) is 18.3. The van der Waals surface area contributed by atoms with E-state index in [9.17, 15) is 4.79 Å². The van der Waals surface area contributed by atoms with Crippen LogP contribution in [0.1, 0.15) is 44.6 Å². The second-order valence-corrected chi connectivity index (χ2v) is 9.03. The monoisotopic (exact) mass is 397 g/mol. The SMILES string of the molecule is O=C(c1cc2c(s1)C1(CCNCC1)OCC2)N1CCNC(c2ccccc2)C1. The number of nitrogens with zero attached hydrogens (tertiary/aromatic N) is 1. The third kappa shape index (κ3) is 3.28. The Hall–Kier alpha value is -1.73. The molecule has 1 aromatic heterocycles. The molecule has 2 N–H and O–H groups in total. The van der Waals surface area contributed by atoms with Gasteiger partial charge in [-0.3, -0.25) is 4.79 Å². The molecule has 0 aliphatic carbocycles. The van der Waals surface area contributed by atoms with E-state index in [0.717, 1.165) is 63.5 Å². The molecule has 1 aromatic carbocycles. The maximum Gasteiger partial charge on any atom is 0.264 e. The van der Waals surface area contributed by atoms with Crippen molar-refractivity contribution in [3.8, 4) is 0 Å². The smallest absolute Gasteiger partial charge is 0.264 e. The van der Waals surface area contributed by atoms with E-state index < -0.39 is 0 Å². The molecule has 2 saturated heterocycles. The average molecular weight is 398 g/mol. The summed E-state index contributed by atoms with van der Waals surface area (Å²) in [6, 6.07) is 12.8. The molecular formula is C22H27N3O2S. The van der Waals surface area contributed by atoms with Gasteiger partial charge in [-0.15, -0.1) is 11.3 Å². The normalized spacial score (nSPS) is 24.1. The highest BCUT2D eigenvalue weighted by Gasteiger charge is 2.41. The van der Waals surface area contributed by atoms with Gasteiger partial charge >= 0.3 is 0 Å². The molecule has 0 radical (unpaired) electrons. The van der Waals surface area contributed by atoms with Crippen LogP contribution in [0, 0.1) is 0 Å². The predicted octanol–water partition coefficient (Wildman–Crippen LogP) is 2.69. The third-order valence-electron chi connectivity index (χ3n) is 6.26. The quantitative estimate of drug-likeness (QED) is 0.818. The molecule has 5 rings (SSSR count). The number of piperidine rings is 1. The number of benzene rings is 1. The van der Waals surface area contributed by atoms with Crippen LogP contribution in [-0.2, 0) is 16.8 Å². The van der Waals surface area contributed by atoms with Gasteiger partial charge in [-0.2, -0.15) is 0 Å². The number of carbonyl (C=O) groups is 1. The molecule has 1 spiro atoms. The summed E-state index contributed by atoms with van der Waals surface area (Å²) < 4.78 is 6.28. The summed E-state index contributed by atoms with van der Waals surface area (Å²) >= 11 is 1.68. The summed E-state index contributed by atoms with van der Waals surface area (Å²) in [6.07, 6.45) is 2.91. The van der Waals surface area contributed by atoms with Crippen LogP contribution in [0.4, 0.5) is 0 Å². The first-order chi connectivity index (χ1) is 13.8. The van der Waals surface area contributed by atoms with Crippen LogP contribution >= 0.6 is 11.3 Å². The van der Waals surface area contributed by atoms with Gasteiger partial charge < -0.3 is 20.3 Å². The maximum absolute atomic E-state index is 13.3. The molecule has 1 unspecified atom stereocenters. The number of hydrogen-bond donors (Lipinski definition) is 2. The van der Waals surface area contributed by atoms with Gasteiger partial charge in [-0.1, -0.05) is 30.3 Å². The van der Waals surface area contributed by atoms with Crippen molar-refractivity contribution in [2.24, 2.45) is 0 Å². The summed E-state index contributed by atoms with van der Waals surface area (Å²) in [5.74, 6) is 0.172. The van der Waals surface area contributed by atoms with E-state index in [1.165, 1.54) is 16.0 Å². The van der Waals surface area contributed by atoms with Gasteiger partial charge in [0.25, 0.3) is 5.91 Å². The Morgan fingerprint density at radius 2 is 2.00 bits per heavy atom. The largest absolute Gasteiger partial charge is 0.369 e. The van der Waals surface area contributed by atoms with Crippen LogP contribution in [0.15, 0.2) is 36.4 Å². The summed E-state index contributed by atoms with van der Waals surface area (Å²) in [4.78, 5) is 17.5. The molecule has 3 aliphatic heterocycles. The lowest BCUT2D eigenvalue weighted by Crippen LogP contribution is -2.48. The van der Waals surface area contributed by atoms with E-state index in [-0.39, 0.29) is 17.6 Å². The van der Waals surface area contributed by atoms with Crippen molar-refractivity contribution >= 4 is 17.2 Å². The van der Waals surface area contributed by atoms with Crippen LogP contribution in [0.3, 0.4) is 0 Å². The number of ether oxygens (including phenoxy) is 1. The second kappa shape index (κ2) is 7.59. The Morgan fingerprint density at radius 3 is 2.82 bits per heavy atom. The lowest BCUT2D eigenvalue weighted by atomic mass is 9.86. The molecular weight excluding hydrogens is 370 g/mol. The predicted molar refractivity (Wildman–Crippen MR) is 111 cm³/mol. The summed E-state index contributed by atoms with van der Waals surface area (Å²) in [7, 11) is 0. The number of thiophene rings is 1. The van der Waals surface area contributed by atoms with E-state index in [2.05, 4.69) is 41.0 Å². The summed E-state index contributed by atoms with van der Waals surface area (Å²) in [5, 5.41) is 6.98. The molecule has 0 bridgehead atoms. The van der Waals surface area contributed by atoms with Gasteiger partial charge in [-0.05, 0) is 49.5 Å². The van der Waals surface area contributed by atoms with Gasteiger partial charge in [0.05, 0.1) is 11.5 Å². The standard InChI is InChI=1S/C22H27N3O2S/c26-21(25-12-11-24-18(15-25)16-4-2-1-3-5-16)19-14-17-6-13-27-22(20(17)28-19)7-9-23-10-8-22/h1-5,14,18,23-24H,6-13,15H2. The van der Waals surface area contributed by atoms with Crippen LogP contribution in [-0.4, -0.2) is 50.1 Å². The number of hydrogen-bond acceptors (Lipinski definition) is 5. The molecule has 1 amide bonds. The van der Waals surface area contributed by atoms with Gasteiger partial charge in [0.1, 0.15) is 5.60 Å². The minimum atomic E-state index is -0.169. The summed E-state index contributed by atoms with van der Waals surface area (Å²) in [6.45, 7) is 5.04. The first-order valence-electron chi connectivity index (χ1n) is 10.3. The Kier molecular flexibility index (Phi) is 4.97. The van der Waals surface area contributed by atoms with Crippen LogP contribution in [0.2, 0.25) is 0 Å². The van der Waals surface area contributed by atoms with Crippen LogP contribution in [0.25, 0.3) is 0 Å². The molecule has 28 heavy (non-hydrogen) atoms. The van der Waals surface area contributed by atoms with E-state index in [4.69, 9.17) is 4.74 Å². The van der Waals surface area contributed by atoms with Gasteiger partial charge in [0.15, 0.2) is 0 Å². The topological polar surface area (TPSA) is 53.6 Å². The Labute approximate surface area is 170 Å². The van der Waals surface area contributed by atoms with Crippen molar-refractivity contribution in [1.29, 1.82) is 0 Å². The fraction of sp³-hybridized carbons (Fsp3) is 0.500. The lowest BCUT2D eigenvalue weighted by Gasteiger charge is -2.40. The molecule has 1 atom stereocenters. The Bertz CT molecular complexity index is 845. The fourth-order valence-electron chi connectivity index (χ4n) is 4.73. The van der Waals surface area contributed by atoms with Crippen molar-refractivity contribution in [3.63, 3.8) is 0 Å². The Morgan fingerprint density at radius 1 is 1.18 bits per heavy atom. The van der Waals surface area contributed by atoms with E-state index >= 15 is 0 Å². The van der Waals surface area contributed by atoms with Crippen molar-refractivity contribution < 1.29 is 9.53 Å². The molecule has 4 heterocycles. The van der Waals surface area contributed by atoms with Crippen molar-refractivity contribution in [2.45, 2.75) is 30.9 Å². The molecule has 6 heteroatoms. The van der Waals surface area contributed by atoms with Crippen molar-refractivity contribution in [3.05, 3.63) is 57.3 Å². The number of amides is 1. The van der Waals surface area contributed by atoms with Gasteiger partial charge in [0.2, 0.25) is 0 Å². The van der Waals surface area contributed by atoms with E-state index in [1.54, 1.807) is 11.3 Å². The number of fused-ring (bicyclic) bond motifs is 2. The van der Waals surface area contributed by atoms with Crippen LogP contribution < -0.4 is 10.6 Å². The lowest BCUT2D eigenvalue weighted by molar-refractivity contribution is -0.0771. The highest BCUT2D eigenvalue weighted by atomic mass is 32.1. The first-order valence-corrected chi connectivity index (χ1v) is 11.1. The molecule has 0 saturated carbocycles. The molecule has 148 valence electrons. The van der Waals surface area contributed by atoms with E-state index in [1.807, 2.05) is 11.0 Å². The molecule has 3 aliphatic rings. The Balaban J connectivity index is 1.37. The summed E-state index contributed by atoms with van der Waals surface area (Å²) in [5.41, 5.74) is 2.40. The van der Waals surface area contributed by atoms with Gasteiger partial charge in [-0.25, -0.2) is 0 Å². The van der Waals surface area contributed by atoms with E-state index in [0.29, 0.717) is 0 Å². The highest BCUT2D eigenvalue weighted by molar-refractivity contribution is 7.14. The molecule has 5 nitrogen and oxygen atoms in total. The number of carbonyl (C=O) groups excluding carboxylic acids is 1. The van der Waals surface area contributed by atoms with Crippen molar-refractivity contribution in [1.82, 2.24) is 15.5 Å². The van der Waals surface area contributed by atoms with Gasteiger partial charge in [0, 0.05) is 30.6 Å². The molecule has 2 fully saturated rings. The zero-order valence-corrected chi connectivity index (χ0v) is 16.9.